The summed E-state index contributed by atoms with van der Waals surface area (Å²) in [7, 11) is -1.77. The summed E-state index contributed by atoms with van der Waals surface area (Å²) in [6, 6.07) is 3.18. The largest absolute Gasteiger partial charge is 0.506 e. The minimum absolute atomic E-state index is 0.0343. The molecule has 0 aliphatic carbocycles. The SMILES string of the molecule is COC(=O)/C=C(/Nc1ccc(S(N)(=O)=O)cc1O)C(=O)OC. The molecule has 0 bridgehead atoms. The zero-order chi connectivity index (χ0) is 16.9. The number of primary sulfonamides is 1. The van der Waals surface area contributed by atoms with Gasteiger partial charge in [0.15, 0.2) is 0 Å². The summed E-state index contributed by atoms with van der Waals surface area (Å²) in [5.74, 6) is -2.21. The third-order valence-corrected chi connectivity index (χ3v) is 3.35. The molecule has 0 aromatic heterocycles. The number of hydrogen-bond donors (Lipinski definition) is 3. The highest BCUT2D eigenvalue weighted by atomic mass is 32.2. The van der Waals surface area contributed by atoms with Gasteiger partial charge in [-0.25, -0.2) is 23.1 Å². The molecule has 9 nitrogen and oxygen atoms in total. The molecule has 0 spiro atoms. The first kappa shape index (κ1) is 17.5. The molecule has 0 atom stereocenters. The van der Waals surface area contributed by atoms with E-state index in [1.807, 2.05) is 0 Å². The van der Waals surface area contributed by atoms with Gasteiger partial charge in [0, 0.05) is 6.07 Å². The van der Waals surface area contributed by atoms with Crippen LogP contribution in [0.4, 0.5) is 5.69 Å². The minimum Gasteiger partial charge on any atom is -0.506 e. The Bertz CT molecular complexity index is 725. The molecule has 4 N–H and O–H groups in total. The number of aromatic hydroxyl groups is 1. The molecule has 0 fully saturated rings. The monoisotopic (exact) mass is 330 g/mol. The van der Waals surface area contributed by atoms with E-state index in [1.54, 1.807) is 0 Å². The predicted molar refractivity (Wildman–Crippen MR) is 75.2 cm³/mol. The van der Waals surface area contributed by atoms with Crippen LogP contribution in [-0.2, 0) is 29.1 Å². The number of phenols is 1. The lowest BCUT2D eigenvalue weighted by molar-refractivity contribution is -0.138. The Hall–Kier alpha value is -2.59. The van der Waals surface area contributed by atoms with E-state index in [0.717, 1.165) is 32.4 Å². The van der Waals surface area contributed by atoms with Gasteiger partial charge in [-0.2, -0.15) is 0 Å². The fourth-order valence-corrected chi connectivity index (χ4v) is 1.91. The van der Waals surface area contributed by atoms with Crippen molar-refractivity contribution in [3.05, 3.63) is 30.0 Å². The number of esters is 2. The van der Waals surface area contributed by atoms with Gasteiger partial charge in [0.1, 0.15) is 11.4 Å². The van der Waals surface area contributed by atoms with Crippen molar-refractivity contribution in [2.45, 2.75) is 4.90 Å². The molecule has 1 aromatic carbocycles. The molecule has 0 unspecified atom stereocenters. The standard InChI is InChI=1S/C12H14N2O7S/c1-20-11(16)6-9(12(17)21-2)14-8-4-3-7(5-10(8)15)22(13,18)19/h3-6,14-15H,1-2H3,(H2,13,18,19)/b9-6+. The van der Waals surface area contributed by atoms with Crippen LogP contribution in [0.1, 0.15) is 0 Å². The lowest BCUT2D eigenvalue weighted by Crippen LogP contribution is -2.16. The zero-order valence-electron chi connectivity index (χ0n) is 11.7. The molecule has 120 valence electrons. The number of nitrogens with two attached hydrogens (primary N) is 1. The Kier molecular flexibility index (Phi) is 5.49. The van der Waals surface area contributed by atoms with Crippen LogP contribution in [0.2, 0.25) is 0 Å². The maximum Gasteiger partial charge on any atom is 0.354 e. The number of carbonyl (C=O) groups is 2. The number of rotatable bonds is 5. The van der Waals surface area contributed by atoms with Crippen molar-refractivity contribution < 1.29 is 32.6 Å². The lowest BCUT2D eigenvalue weighted by Gasteiger charge is -2.11. The van der Waals surface area contributed by atoms with Gasteiger partial charge < -0.3 is 19.9 Å². The highest BCUT2D eigenvalue weighted by molar-refractivity contribution is 7.89. The van der Waals surface area contributed by atoms with Crippen LogP contribution in [0.3, 0.4) is 0 Å². The quantitative estimate of drug-likeness (QED) is 0.378. The lowest BCUT2D eigenvalue weighted by atomic mass is 10.2. The first-order valence-electron chi connectivity index (χ1n) is 5.70. The zero-order valence-corrected chi connectivity index (χ0v) is 12.5. The highest BCUT2D eigenvalue weighted by Crippen LogP contribution is 2.27. The maximum atomic E-state index is 11.5. The molecule has 1 rings (SSSR count). The molecular weight excluding hydrogens is 316 g/mol. The van der Waals surface area contributed by atoms with Gasteiger partial charge in [-0.1, -0.05) is 0 Å². The summed E-state index contributed by atoms with van der Waals surface area (Å²) in [5, 5.41) is 17.1. The molecule has 0 saturated carbocycles. The molecule has 0 heterocycles. The first-order valence-corrected chi connectivity index (χ1v) is 7.24. The topological polar surface area (TPSA) is 145 Å². The molecule has 1 aromatic rings. The molecule has 0 aliphatic rings. The van der Waals surface area contributed by atoms with Crippen molar-refractivity contribution in [3.8, 4) is 5.75 Å². The second kappa shape index (κ2) is 6.91. The van der Waals surface area contributed by atoms with Gasteiger partial charge in [-0.15, -0.1) is 0 Å². The fourth-order valence-electron chi connectivity index (χ4n) is 1.37. The Morgan fingerprint density at radius 1 is 1.27 bits per heavy atom. The van der Waals surface area contributed by atoms with Crippen LogP contribution in [0, 0.1) is 0 Å². The summed E-state index contributed by atoms with van der Waals surface area (Å²) in [4.78, 5) is 22.4. The second-order valence-corrected chi connectivity index (χ2v) is 5.48. The van der Waals surface area contributed by atoms with Crippen LogP contribution >= 0.6 is 0 Å². The van der Waals surface area contributed by atoms with Crippen LogP contribution in [0.5, 0.6) is 5.75 Å². The summed E-state index contributed by atoms with van der Waals surface area (Å²) >= 11 is 0. The van der Waals surface area contributed by atoms with E-state index in [1.165, 1.54) is 6.07 Å². The summed E-state index contributed by atoms with van der Waals surface area (Å²) in [6.07, 6.45) is 0.818. The molecule has 10 heteroatoms. The number of methoxy groups -OCH3 is 2. The van der Waals surface area contributed by atoms with E-state index in [-0.39, 0.29) is 16.3 Å². The second-order valence-electron chi connectivity index (χ2n) is 3.92. The van der Waals surface area contributed by atoms with E-state index in [9.17, 15) is 23.1 Å². The number of carbonyl (C=O) groups excluding carboxylic acids is 2. The number of ether oxygens (including phenoxy) is 2. The van der Waals surface area contributed by atoms with Gasteiger partial charge in [-0.05, 0) is 12.1 Å². The Morgan fingerprint density at radius 3 is 2.36 bits per heavy atom. The van der Waals surface area contributed by atoms with Crippen molar-refractivity contribution in [3.63, 3.8) is 0 Å². The van der Waals surface area contributed by atoms with Crippen LogP contribution in [0.25, 0.3) is 0 Å². The number of phenolic OH excluding ortho intramolecular Hbond substituents is 1. The summed E-state index contributed by atoms with van der Waals surface area (Å²) in [6.45, 7) is 0. The van der Waals surface area contributed by atoms with E-state index < -0.39 is 27.7 Å². The average Bonchev–Trinajstić information content (AvgIpc) is 2.46. The van der Waals surface area contributed by atoms with Crippen molar-refractivity contribution in [1.82, 2.24) is 0 Å². The number of anilines is 1. The molecule has 22 heavy (non-hydrogen) atoms. The van der Waals surface area contributed by atoms with Crippen LogP contribution in [0.15, 0.2) is 34.9 Å². The summed E-state index contributed by atoms with van der Waals surface area (Å²) in [5.41, 5.74) is -0.346. The summed E-state index contributed by atoms with van der Waals surface area (Å²) < 4.78 is 31.2. The van der Waals surface area contributed by atoms with Gasteiger partial charge in [0.05, 0.1) is 30.9 Å². The normalized spacial score (nSPS) is 11.7. The highest BCUT2D eigenvalue weighted by Gasteiger charge is 2.16. The van der Waals surface area contributed by atoms with E-state index in [2.05, 4.69) is 14.8 Å². The number of sulfonamides is 1. The number of nitrogens with one attached hydrogen (secondary N) is 1. The van der Waals surface area contributed by atoms with Gasteiger partial charge >= 0.3 is 11.9 Å². The van der Waals surface area contributed by atoms with Crippen molar-refractivity contribution in [2.75, 3.05) is 19.5 Å². The third kappa shape index (κ3) is 4.46. The van der Waals surface area contributed by atoms with Gasteiger partial charge in [-0.3, -0.25) is 0 Å². The predicted octanol–water partition coefficient (Wildman–Crippen LogP) is -0.319. The van der Waals surface area contributed by atoms with E-state index in [0.29, 0.717) is 0 Å². The van der Waals surface area contributed by atoms with Crippen LogP contribution in [-0.4, -0.2) is 39.7 Å². The van der Waals surface area contributed by atoms with Crippen LogP contribution < -0.4 is 10.5 Å². The van der Waals surface area contributed by atoms with Gasteiger partial charge in [0.25, 0.3) is 0 Å². The molecule has 0 radical (unpaired) electrons. The molecule has 0 amide bonds. The Balaban J connectivity index is 3.17. The average molecular weight is 330 g/mol. The van der Waals surface area contributed by atoms with Crippen molar-refractivity contribution in [1.29, 1.82) is 0 Å². The minimum atomic E-state index is -3.98. The van der Waals surface area contributed by atoms with Crippen molar-refractivity contribution >= 4 is 27.6 Å². The maximum absolute atomic E-state index is 11.5. The Morgan fingerprint density at radius 2 is 1.91 bits per heavy atom. The number of benzene rings is 1. The van der Waals surface area contributed by atoms with Gasteiger partial charge in [0.2, 0.25) is 10.0 Å². The molecular formula is C12H14N2O7S. The molecule has 0 saturated heterocycles. The first-order chi connectivity index (χ1) is 10.2. The molecule has 0 aliphatic heterocycles. The fraction of sp³-hybridized carbons (Fsp3) is 0.167. The van der Waals surface area contributed by atoms with Crippen molar-refractivity contribution in [2.24, 2.45) is 5.14 Å². The van der Waals surface area contributed by atoms with E-state index in [4.69, 9.17) is 5.14 Å². The number of hydrogen-bond acceptors (Lipinski definition) is 8. The Labute approximate surface area is 126 Å². The smallest absolute Gasteiger partial charge is 0.354 e. The van der Waals surface area contributed by atoms with E-state index >= 15 is 0 Å². The third-order valence-electron chi connectivity index (χ3n) is 2.44.